The molecule has 1 aliphatic heterocycles. The highest BCUT2D eigenvalue weighted by Crippen LogP contribution is 2.46. The molecule has 0 radical (unpaired) electrons. The molecule has 7 nitrogen and oxygen atoms in total. The van der Waals surface area contributed by atoms with Crippen molar-refractivity contribution < 1.29 is 9.59 Å². The van der Waals surface area contributed by atoms with Gasteiger partial charge in [0.2, 0.25) is 11.8 Å². The SMILES string of the molecule is Cc1ncc2c(c1CNC(=O)Cn1ccnc1)CCN(C(=O)C1(c3ccc(Cl)cc3)CCC1)C2. The zero-order chi connectivity index (χ0) is 23.7. The molecule has 0 saturated heterocycles. The zero-order valence-electron chi connectivity index (χ0n) is 19.3. The Labute approximate surface area is 204 Å². The lowest BCUT2D eigenvalue weighted by molar-refractivity contribution is -0.142. The van der Waals surface area contributed by atoms with Crippen LogP contribution in [0.25, 0.3) is 0 Å². The minimum Gasteiger partial charge on any atom is -0.350 e. The van der Waals surface area contributed by atoms with E-state index in [1.54, 1.807) is 23.3 Å². The second-order valence-electron chi connectivity index (χ2n) is 9.26. The highest BCUT2D eigenvalue weighted by atomic mass is 35.5. The third kappa shape index (κ3) is 4.20. The predicted molar refractivity (Wildman–Crippen MR) is 129 cm³/mol. The number of hydrogen-bond acceptors (Lipinski definition) is 4. The molecule has 3 heterocycles. The fourth-order valence-corrected chi connectivity index (χ4v) is 5.27. The number of carbonyl (C=O) groups excluding carboxylic acids is 2. The van der Waals surface area contributed by atoms with Crippen molar-refractivity contribution in [2.24, 2.45) is 0 Å². The molecule has 5 rings (SSSR count). The van der Waals surface area contributed by atoms with Crippen LogP contribution in [0.5, 0.6) is 0 Å². The third-order valence-electron chi connectivity index (χ3n) is 7.24. The maximum atomic E-state index is 13.7. The first-order valence-electron chi connectivity index (χ1n) is 11.7. The summed E-state index contributed by atoms with van der Waals surface area (Å²) < 4.78 is 1.74. The van der Waals surface area contributed by atoms with Gasteiger partial charge >= 0.3 is 0 Å². The number of rotatable bonds is 6. The number of hydrogen-bond donors (Lipinski definition) is 1. The van der Waals surface area contributed by atoms with Gasteiger partial charge in [-0.25, -0.2) is 4.98 Å². The molecular formula is C26H28ClN5O2. The van der Waals surface area contributed by atoms with E-state index in [1.807, 2.05) is 42.3 Å². The molecule has 0 spiro atoms. The van der Waals surface area contributed by atoms with Crippen LogP contribution in [-0.4, -0.2) is 37.8 Å². The first-order chi connectivity index (χ1) is 16.5. The molecule has 1 fully saturated rings. The van der Waals surface area contributed by atoms with E-state index in [-0.39, 0.29) is 18.4 Å². The maximum absolute atomic E-state index is 13.7. The quantitative estimate of drug-likeness (QED) is 0.588. The number of amides is 2. The standard InChI is InChI=1S/C26H28ClN5O2/c1-18-23(14-30-24(33)16-31-12-10-28-17-31)22-7-11-32(15-19(22)13-29-18)25(34)26(8-2-9-26)20-3-5-21(27)6-4-20/h3-6,10,12-13,17H,2,7-9,11,14-16H2,1H3,(H,30,33). The van der Waals surface area contributed by atoms with E-state index in [9.17, 15) is 9.59 Å². The lowest BCUT2D eigenvalue weighted by Gasteiger charge is -2.45. The number of nitrogens with one attached hydrogen (secondary N) is 1. The van der Waals surface area contributed by atoms with Gasteiger partial charge in [-0.05, 0) is 60.6 Å². The number of aryl methyl sites for hydroxylation is 1. The van der Waals surface area contributed by atoms with Crippen LogP contribution in [-0.2, 0) is 41.1 Å². The number of fused-ring (bicyclic) bond motifs is 1. The Morgan fingerprint density at radius 2 is 2.00 bits per heavy atom. The first kappa shape index (κ1) is 22.6. The van der Waals surface area contributed by atoms with Crippen LogP contribution in [0.4, 0.5) is 0 Å². The second kappa shape index (κ2) is 9.22. The van der Waals surface area contributed by atoms with Crippen LogP contribution in [0.2, 0.25) is 5.02 Å². The number of halogens is 1. The normalized spacial score (nSPS) is 16.5. The summed E-state index contributed by atoms with van der Waals surface area (Å²) in [7, 11) is 0. The van der Waals surface area contributed by atoms with Gasteiger partial charge in [-0.1, -0.05) is 30.2 Å². The van der Waals surface area contributed by atoms with Gasteiger partial charge in [-0.15, -0.1) is 0 Å². The number of nitrogens with zero attached hydrogens (tertiary/aromatic N) is 4. The Morgan fingerprint density at radius 1 is 1.21 bits per heavy atom. The fraction of sp³-hybridized carbons (Fsp3) is 0.385. The van der Waals surface area contributed by atoms with Gasteiger partial charge in [-0.3, -0.25) is 14.6 Å². The zero-order valence-corrected chi connectivity index (χ0v) is 20.0. The summed E-state index contributed by atoms with van der Waals surface area (Å²) in [5.74, 6) is 0.125. The van der Waals surface area contributed by atoms with Gasteiger partial charge in [0.05, 0.1) is 11.7 Å². The van der Waals surface area contributed by atoms with Gasteiger partial charge in [0, 0.05) is 48.9 Å². The summed E-state index contributed by atoms with van der Waals surface area (Å²) in [4.78, 5) is 36.6. The van der Waals surface area contributed by atoms with Gasteiger partial charge in [0.25, 0.3) is 0 Å². The molecule has 1 saturated carbocycles. The molecule has 2 amide bonds. The molecule has 1 aliphatic carbocycles. The minimum atomic E-state index is -0.440. The number of imidazole rings is 1. The Balaban J connectivity index is 1.31. The fourth-order valence-electron chi connectivity index (χ4n) is 5.15. The van der Waals surface area contributed by atoms with Crippen LogP contribution in [0.3, 0.4) is 0 Å². The van der Waals surface area contributed by atoms with E-state index in [2.05, 4.69) is 15.3 Å². The lowest BCUT2D eigenvalue weighted by atomic mass is 9.63. The Morgan fingerprint density at radius 3 is 2.68 bits per heavy atom. The molecule has 1 N–H and O–H groups in total. The summed E-state index contributed by atoms with van der Waals surface area (Å²) in [5, 5.41) is 3.70. The number of benzene rings is 1. The van der Waals surface area contributed by atoms with E-state index in [0.717, 1.165) is 48.1 Å². The maximum Gasteiger partial charge on any atom is 0.240 e. The van der Waals surface area contributed by atoms with E-state index >= 15 is 0 Å². The summed E-state index contributed by atoms with van der Waals surface area (Å²) >= 11 is 6.08. The van der Waals surface area contributed by atoms with Gasteiger partial charge in [0.1, 0.15) is 6.54 Å². The van der Waals surface area contributed by atoms with Crippen molar-refractivity contribution in [3.05, 3.63) is 82.2 Å². The molecule has 34 heavy (non-hydrogen) atoms. The summed E-state index contributed by atoms with van der Waals surface area (Å²) in [6, 6.07) is 7.73. The lowest BCUT2D eigenvalue weighted by Crippen LogP contribution is -2.52. The number of aromatic nitrogens is 3. The van der Waals surface area contributed by atoms with Crippen LogP contribution < -0.4 is 5.32 Å². The monoisotopic (exact) mass is 477 g/mol. The topological polar surface area (TPSA) is 80.1 Å². The smallest absolute Gasteiger partial charge is 0.240 e. The van der Waals surface area contributed by atoms with Crippen LogP contribution >= 0.6 is 11.6 Å². The van der Waals surface area contributed by atoms with Crippen molar-refractivity contribution in [2.45, 2.75) is 57.7 Å². The Kier molecular flexibility index (Phi) is 6.13. The largest absolute Gasteiger partial charge is 0.350 e. The van der Waals surface area contributed by atoms with Crippen molar-refractivity contribution in [1.29, 1.82) is 0 Å². The molecule has 1 aromatic carbocycles. The van der Waals surface area contributed by atoms with Crippen molar-refractivity contribution in [2.75, 3.05) is 6.54 Å². The highest BCUT2D eigenvalue weighted by molar-refractivity contribution is 6.30. The molecule has 0 bridgehead atoms. The predicted octanol–water partition coefficient (Wildman–Crippen LogP) is 3.56. The second-order valence-corrected chi connectivity index (χ2v) is 9.69. The van der Waals surface area contributed by atoms with E-state index in [4.69, 9.17) is 11.6 Å². The van der Waals surface area contributed by atoms with Crippen molar-refractivity contribution in [3.63, 3.8) is 0 Å². The third-order valence-corrected chi connectivity index (χ3v) is 7.50. The average molecular weight is 478 g/mol. The number of carbonyl (C=O) groups is 2. The molecule has 0 atom stereocenters. The van der Waals surface area contributed by atoms with Gasteiger partial charge in [0.15, 0.2) is 0 Å². The molecular weight excluding hydrogens is 450 g/mol. The summed E-state index contributed by atoms with van der Waals surface area (Å²) in [6.07, 6.45) is 10.5. The van der Waals surface area contributed by atoms with Crippen LogP contribution in [0.15, 0.2) is 49.2 Å². The summed E-state index contributed by atoms with van der Waals surface area (Å²) in [6.45, 7) is 3.85. The van der Waals surface area contributed by atoms with Crippen LogP contribution in [0.1, 0.15) is 47.2 Å². The highest BCUT2D eigenvalue weighted by Gasteiger charge is 2.48. The Hall–Kier alpha value is -3.19. The molecule has 0 unspecified atom stereocenters. The summed E-state index contributed by atoms with van der Waals surface area (Å²) in [5.41, 5.74) is 4.85. The molecule has 8 heteroatoms. The average Bonchev–Trinajstić information content (AvgIpc) is 3.31. The van der Waals surface area contributed by atoms with Crippen molar-refractivity contribution in [3.8, 4) is 0 Å². The van der Waals surface area contributed by atoms with Gasteiger partial charge in [-0.2, -0.15) is 0 Å². The molecule has 176 valence electrons. The number of pyridine rings is 1. The minimum absolute atomic E-state index is 0.0718. The van der Waals surface area contributed by atoms with E-state index in [0.29, 0.717) is 24.7 Å². The van der Waals surface area contributed by atoms with Gasteiger partial charge < -0.3 is 14.8 Å². The van der Waals surface area contributed by atoms with Crippen LogP contribution in [0, 0.1) is 6.92 Å². The molecule has 2 aliphatic rings. The molecule has 3 aromatic rings. The first-order valence-corrected chi connectivity index (χ1v) is 12.1. The Bertz CT molecular complexity index is 1200. The van der Waals surface area contributed by atoms with Crippen molar-refractivity contribution in [1.82, 2.24) is 24.8 Å². The van der Waals surface area contributed by atoms with Crippen molar-refractivity contribution >= 4 is 23.4 Å². The molecule has 2 aromatic heterocycles. The van der Waals surface area contributed by atoms with E-state index < -0.39 is 5.41 Å². The van der Waals surface area contributed by atoms with E-state index in [1.165, 1.54) is 5.56 Å².